The second kappa shape index (κ2) is 12.1. The van der Waals surface area contributed by atoms with Crippen LogP contribution in [0.1, 0.15) is 17.3 Å². The Balaban J connectivity index is 1.63. The third-order valence-corrected chi connectivity index (χ3v) is 5.84. The Labute approximate surface area is 221 Å². The molecule has 0 atom stereocenters. The average Bonchev–Trinajstić information content (AvgIpc) is 3.33. The van der Waals surface area contributed by atoms with Crippen LogP contribution in [-0.4, -0.2) is 46.0 Å². The third-order valence-electron chi connectivity index (χ3n) is 5.51. The Morgan fingerprint density at radius 2 is 1.84 bits per heavy atom. The third kappa shape index (κ3) is 6.26. The molecule has 0 saturated carbocycles. The van der Waals surface area contributed by atoms with E-state index in [9.17, 15) is 9.59 Å². The van der Waals surface area contributed by atoms with E-state index in [1.54, 1.807) is 34.9 Å². The van der Waals surface area contributed by atoms with E-state index in [1.807, 2.05) is 67.7 Å². The Morgan fingerprint density at radius 1 is 1.08 bits per heavy atom. The highest BCUT2D eigenvalue weighted by molar-refractivity contribution is 6.33. The molecule has 7 nitrogen and oxygen atoms in total. The minimum absolute atomic E-state index is 0.178. The van der Waals surface area contributed by atoms with Crippen molar-refractivity contribution in [1.82, 2.24) is 14.5 Å². The van der Waals surface area contributed by atoms with Gasteiger partial charge in [0, 0.05) is 24.4 Å². The highest BCUT2D eigenvalue weighted by Crippen LogP contribution is 2.26. The van der Waals surface area contributed by atoms with E-state index in [0.717, 1.165) is 11.3 Å². The number of benzene rings is 3. The summed E-state index contributed by atoms with van der Waals surface area (Å²) in [5, 5.41) is 3.19. The second-order valence-electron chi connectivity index (χ2n) is 8.12. The molecule has 0 aliphatic carbocycles. The number of nitrogens with zero attached hydrogens (tertiary/aromatic N) is 3. The molecule has 1 aromatic heterocycles. The van der Waals surface area contributed by atoms with E-state index in [0.29, 0.717) is 34.6 Å². The predicted molar refractivity (Wildman–Crippen MR) is 146 cm³/mol. The smallest absolute Gasteiger partial charge is 0.256 e. The number of rotatable bonds is 10. The lowest BCUT2D eigenvalue weighted by atomic mass is 10.2. The number of halogens is 1. The number of aromatic nitrogens is 2. The van der Waals surface area contributed by atoms with Crippen molar-refractivity contribution in [3.63, 3.8) is 0 Å². The van der Waals surface area contributed by atoms with E-state index in [4.69, 9.17) is 16.3 Å². The molecule has 0 aliphatic heterocycles. The van der Waals surface area contributed by atoms with Crippen molar-refractivity contribution < 1.29 is 14.3 Å². The number of amides is 2. The van der Waals surface area contributed by atoms with Crippen molar-refractivity contribution >= 4 is 29.4 Å². The summed E-state index contributed by atoms with van der Waals surface area (Å²) in [7, 11) is 0. The molecule has 0 bridgehead atoms. The minimum Gasteiger partial charge on any atom is -0.494 e. The van der Waals surface area contributed by atoms with Crippen LogP contribution in [0, 0.1) is 0 Å². The predicted octanol–water partition coefficient (Wildman–Crippen LogP) is 5.86. The van der Waals surface area contributed by atoms with Crippen LogP contribution in [0.25, 0.3) is 16.9 Å². The lowest BCUT2D eigenvalue weighted by Crippen LogP contribution is -2.38. The molecule has 3 aromatic carbocycles. The van der Waals surface area contributed by atoms with Crippen molar-refractivity contribution in [3.8, 4) is 22.7 Å². The van der Waals surface area contributed by atoms with Crippen LogP contribution >= 0.6 is 11.6 Å². The summed E-state index contributed by atoms with van der Waals surface area (Å²) in [4.78, 5) is 32.3. The fourth-order valence-electron chi connectivity index (χ4n) is 3.82. The standard InChI is InChI=1S/C29H27ClN4O3/c1-3-17-33(28(36)24-15-8-9-16-25(24)30)20-27(35)32-29-31-26(21-11-6-5-7-12-21)19-34(29)22-13-10-14-23(18-22)37-4-2/h3,5-16,18-19H,1,4,17,20H2,2H3,(H,31,32,35). The molecular weight excluding hydrogens is 488 g/mol. The maximum absolute atomic E-state index is 13.2. The molecule has 2 amide bonds. The van der Waals surface area contributed by atoms with Gasteiger partial charge in [0.2, 0.25) is 11.9 Å². The molecule has 0 fully saturated rings. The number of hydrogen-bond acceptors (Lipinski definition) is 4. The van der Waals surface area contributed by atoms with Crippen LogP contribution in [0.3, 0.4) is 0 Å². The van der Waals surface area contributed by atoms with Crippen LogP contribution in [0.15, 0.2) is 97.7 Å². The van der Waals surface area contributed by atoms with Gasteiger partial charge in [-0.15, -0.1) is 6.58 Å². The van der Waals surface area contributed by atoms with Gasteiger partial charge in [-0.2, -0.15) is 0 Å². The summed E-state index contributed by atoms with van der Waals surface area (Å²) in [6.45, 7) is 6.14. The van der Waals surface area contributed by atoms with Crippen LogP contribution < -0.4 is 10.1 Å². The van der Waals surface area contributed by atoms with E-state index in [1.165, 1.54) is 4.90 Å². The lowest BCUT2D eigenvalue weighted by molar-refractivity contribution is -0.116. The first-order valence-corrected chi connectivity index (χ1v) is 12.2. The summed E-state index contributed by atoms with van der Waals surface area (Å²) in [5.41, 5.74) is 2.68. The first-order valence-electron chi connectivity index (χ1n) is 11.8. The SMILES string of the molecule is C=CCN(CC(=O)Nc1nc(-c2ccccc2)cn1-c1cccc(OCC)c1)C(=O)c1ccccc1Cl. The first kappa shape index (κ1) is 25.7. The molecule has 0 spiro atoms. The monoisotopic (exact) mass is 514 g/mol. The van der Waals surface area contributed by atoms with Crippen LogP contribution in [0.5, 0.6) is 5.75 Å². The van der Waals surface area contributed by atoms with Crippen molar-refractivity contribution in [1.29, 1.82) is 0 Å². The molecule has 188 valence electrons. The number of hydrogen-bond donors (Lipinski definition) is 1. The molecule has 1 heterocycles. The van der Waals surface area contributed by atoms with Crippen LogP contribution in [-0.2, 0) is 4.79 Å². The van der Waals surface area contributed by atoms with E-state index in [2.05, 4.69) is 16.9 Å². The van der Waals surface area contributed by atoms with Crippen molar-refractivity contribution in [2.24, 2.45) is 0 Å². The summed E-state index contributed by atoms with van der Waals surface area (Å²) >= 11 is 6.22. The minimum atomic E-state index is -0.408. The van der Waals surface area contributed by atoms with Gasteiger partial charge >= 0.3 is 0 Å². The zero-order chi connectivity index (χ0) is 26.2. The molecule has 0 radical (unpaired) electrons. The van der Waals surface area contributed by atoms with Gasteiger partial charge in [-0.1, -0.05) is 66.2 Å². The molecule has 1 N–H and O–H groups in total. The number of imidazole rings is 1. The number of anilines is 1. The summed E-state index contributed by atoms with van der Waals surface area (Å²) in [6, 6.07) is 23.9. The van der Waals surface area contributed by atoms with Crippen molar-refractivity contribution in [2.75, 3.05) is 25.0 Å². The van der Waals surface area contributed by atoms with Gasteiger partial charge in [0.15, 0.2) is 0 Å². The normalized spacial score (nSPS) is 10.5. The Morgan fingerprint density at radius 3 is 2.57 bits per heavy atom. The molecule has 37 heavy (non-hydrogen) atoms. The van der Waals surface area contributed by atoms with Gasteiger partial charge in [-0.3, -0.25) is 19.5 Å². The molecule has 0 saturated heterocycles. The molecule has 8 heteroatoms. The van der Waals surface area contributed by atoms with Gasteiger partial charge in [-0.25, -0.2) is 4.98 Å². The van der Waals surface area contributed by atoms with E-state index in [-0.39, 0.29) is 19.0 Å². The summed E-state index contributed by atoms with van der Waals surface area (Å²) in [6.07, 6.45) is 3.42. The van der Waals surface area contributed by atoms with Crippen molar-refractivity contribution in [3.05, 3.63) is 108 Å². The van der Waals surface area contributed by atoms with E-state index < -0.39 is 5.91 Å². The topological polar surface area (TPSA) is 76.5 Å². The van der Waals surface area contributed by atoms with Crippen LogP contribution in [0.4, 0.5) is 5.95 Å². The number of ether oxygens (including phenoxy) is 1. The van der Waals surface area contributed by atoms with Gasteiger partial charge < -0.3 is 9.64 Å². The number of carbonyl (C=O) groups is 2. The van der Waals surface area contributed by atoms with Crippen molar-refractivity contribution in [2.45, 2.75) is 6.92 Å². The molecule has 4 rings (SSSR count). The largest absolute Gasteiger partial charge is 0.494 e. The number of nitrogens with one attached hydrogen (secondary N) is 1. The zero-order valence-corrected chi connectivity index (χ0v) is 21.2. The lowest BCUT2D eigenvalue weighted by Gasteiger charge is -2.21. The Kier molecular flexibility index (Phi) is 8.38. The van der Waals surface area contributed by atoms with Gasteiger partial charge in [-0.05, 0) is 31.2 Å². The molecule has 4 aromatic rings. The molecule has 0 aliphatic rings. The summed E-state index contributed by atoms with van der Waals surface area (Å²) < 4.78 is 7.44. The number of carbonyl (C=O) groups excluding carboxylic acids is 2. The average molecular weight is 515 g/mol. The first-order chi connectivity index (χ1) is 18.0. The fraction of sp³-hybridized carbons (Fsp3) is 0.138. The van der Waals surface area contributed by atoms with Gasteiger partial charge in [0.05, 0.1) is 28.6 Å². The Bertz CT molecular complexity index is 1400. The maximum Gasteiger partial charge on any atom is 0.256 e. The summed E-state index contributed by atoms with van der Waals surface area (Å²) in [5.74, 6) is 0.254. The zero-order valence-electron chi connectivity index (χ0n) is 20.4. The maximum atomic E-state index is 13.2. The highest BCUT2D eigenvalue weighted by Gasteiger charge is 2.21. The van der Waals surface area contributed by atoms with E-state index >= 15 is 0 Å². The van der Waals surface area contributed by atoms with Gasteiger partial charge in [0.25, 0.3) is 5.91 Å². The molecular formula is C29H27ClN4O3. The highest BCUT2D eigenvalue weighted by atomic mass is 35.5. The Hall–Kier alpha value is -4.36. The van der Waals surface area contributed by atoms with Crippen LogP contribution in [0.2, 0.25) is 5.02 Å². The fourth-order valence-corrected chi connectivity index (χ4v) is 4.04. The second-order valence-corrected chi connectivity index (χ2v) is 8.53. The van der Waals surface area contributed by atoms with Gasteiger partial charge in [0.1, 0.15) is 12.3 Å². The molecule has 0 unspecified atom stereocenters. The quantitative estimate of drug-likeness (QED) is 0.269.